The molecular formula is C11H8O5S. The number of phenolic OH excluding ortho intramolecular Hbond substituents is 1. The fourth-order valence-corrected chi connectivity index (χ4v) is 2.92. The number of benzene rings is 1. The maximum atomic E-state index is 11.8. The number of hydrogen-bond donors (Lipinski definition) is 2. The molecule has 1 aromatic rings. The second-order valence-corrected chi connectivity index (χ2v) is 5.30. The molecule has 88 valence electrons. The lowest BCUT2D eigenvalue weighted by molar-refractivity contribution is -0.131. The van der Waals surface area contributed by atoms with Crippen molar-refractivity contribution in [3.63, 3.8) is 0 Å². The standard InChI is InChI=1S/C11H8O5S/c12-8-3-1-7(2-4-8)9-5-6-10(11(13)14)17(9,15)16/h1-6,12H,(H,13,14). The maximum Gasteiger partial charge on any atom is 0.347 e. The minimum Gasteiger partial charge on any atom is -0.508 e. The van der Waals surface area contributed by atoms with Crippen LogP contribution in [-0.4, -0.2) is 24.6 Å². The maximum absolute atomic E-state index is 11.8. The van der Waals surface area contributed by atoms with E-state index < -0.39 is 20.7 Å². The molecule has 0 fully saturated rings. The summed E-state index contributed by atoms with van der Waals surface area (Å²) in [6, 6.07) is 5.50. The first-order valence-electron chi connectivity index (χ1n) is 4.62. The van der Waals surface area contributed by atoms with Gasteiger partial charge in [0.15, 0.2) is 4.91 Å². The highest BCUT2D eigenvalue weighted by Crippen LogP contribution is 2.32. The number of carboxylic acid groups (broad SMARTS) is 1. The minimum absolute atomic E-state index is 0.0103. The summed E-state index contributed by atoms with van der Waals surface area (Å²) in [4.78, 5) is 10.0. The van der Waals surface area contributed by atoms with Gasteiger partial charge in [0.25, 0.3) is 0 Å². The third kappa shape index (κ3) is 1.83. The Kier molecular flexibility index (Phi) is 2.51. The smallest absolute Gasteiger partial charge is 0.347 e. The summed E-state index contributed by atoms with van der Waals surface area (Å²) < 4.78 is 23.7. The van der Waals surface area contributed by atoms with Crippen LogP contribution in [0.4, 0.5) is 0 Å². The summed E-state index contributed by atoms with van der Waals surface area (Å²) in [6.45, 7) is 0. The number of allylic oxidation sites excluding steroid dienone is 2. The number of hydrogen-bond acceptors (Lipinski definition) is 4. The molecule has 0 aromatic heterocycles. The molecule has 1 aliphatic rings. The van der Waals surface area contributed by atoms with Gasteiger partial charge in [-0.2, -0.15) is 0 Å². The van der Waals surface area contributed by atoms with Crippen LogP contribution in [0.2, 0.25) is 0 Å². The predicted octanol–water partition coefficient (Wildman–Crippen LogP) is 1.13. The number of aromatic hydroxyl groups is 1. The largest absolute Gasteiger partial charge is 0.508 e. The van der Waals surface area contributed by atoms with E-state index in [-0.39, 0.29) is 10.7 Å². The molecule has 0 amide bonds. The first-order valence-corrected chi connectivity index (χ1v) is 6.11. The van der Waals surface area contributed by atoms with Crippen LogP contribution in [0.25, 0.3) is 4.91 Å². The van der Waals surface area contributed by atoms with Crippen molar-refractivity contribution in [2.75, 3.05) is 0 Å². The molecule has 0 radical (unpaired) electrons. The topological polar surface area (TPSA) is 91.7 Å². The van der Waals surface area contributed by atoms with E-state index in [4.69, 9.17) is 10.2 Å². The first-order chi connectivity index (χ1) is 7.93. The number of sulfone groups is 1. The molecule has 0 saturated heterocycles. The monoisotopic (exact) mass is 252 g/mol. The third-order valence-electron chi connectivity index (χ3n) is 2.33. The van der Waals surface area contributed by atoms with Crippen LogP contribution < -0.4 is 0 Å². The molecule has 2 rings (SSSR count). The van der Waals surface area contributed by atoms with Gasteiger partial charge in [-0.1, -0.05) is 0 Å². The number of aliphatic carboxylic acids is 1. The third-order valence-corrected chi connectivity index (χ3v) is 4.17. The Balaban J connectivity index is 2.46. The van der Waals surface area contributed by atoms with E-state index in [0.717, 1.165) is 6.08 Å². The molecule has 17 heavy (non-hydrogen) atoms. The summed E-state index contributed by atoms with van der Waals surface area (Å²) in [5.41, 5.74) is 0.343. The molecule has 0 aliphatic carbocycles. The van der Waals surface area contributed by atoms with Gasteiger partial charge in [-0.3, -0.25) is 0 Å². The SMILES string of the molecule is O=C(O)C1=CC=C(c2ccc(O)cc2)S1(=O)=O. The summed E-state index contributed by atoms with van der Waals surface area (Å²) in [5.74, 6) is -1.47. The highest BCUT2D eigenvalue weighted by atomic mass is 32.2. The van der Waals surface area contributed by atoms with Gasteiger partial charge in [0.1, 0.15) is 5.75 Å². The second-order valence-electron chi connectivity index (χ2n) is 3.42. The van der Waals surface area contributed by atoms with Gasteiger partial charge in [0.2, 0.25) is 9.84 Å². The van der Waals surface area contributed by atoms with Crippen molar-refractivity contribution in [1.82, 2.24) is 0 Å². The Labute approximate surface area is 97.2 Å². The number of carbonyl (C=O) groups is 1. The molecule has 2 N–H and O–H groups in total. The Morgan fingerprint density at radius 1 is 1.06 bits per heavy atom. The van der Waals surface area contributed by atoms with Crippen molar-refractivity contribution >= 4 is 20.7 Å². The van der Waals surface area contributed by atoms with Gasteiger partial charge >= 0.3 is 5.97 Å². The fourth-order valence-electron chi connectivity index (χ4n) is 1.51. The van der Waals surface area contributed by atoms with Crippen molar-refractivity contribution in [2.45, 2.75) is 0 Å². The molecule has 1 aromatic carbocycles. The quantitative estimate of drug-likeness (QED) is 0.823. The van der Waals surface area contributed by atoms with Crippen molar-refractivity contribution in [1.29, 1.82) is 0 Å². The van der Waals surface area contributed by atoms with Crippen LogP contribution in [0.5, 0.6) is 5.75 Å². The molecule has 0 unspecified atom stereocenters. The van der Waals surface area contributed by atoms with Gasteiger partial charge in [0.05, 0.1) is 4.91 Å². The average molecular weight is 252 g/mol. The van der Waals surface area contributed by atoms with Crippen LogP contribution >= 0.6 is 0 Å². The van der Waals surface area contributed by atoms with Crippen LogP contribution in [-0.2, 0) is 14.6 Å². The van der Waals surface area contributed by atoms with E-state index in [1.165, 1.54) is 30.3 Å². The summed E-state index contributed by atoms with van der Waals surface area (Å²) >= 11 is 0. The molecule has 1 heterocycles. The van der Waals surface area contributed by atoms with Gasteiger partial charge in [0, 0.05) is 0 Å². The summed E-state index contributed by atoms with van der Waals surface area (Å²) in [7, 11) is -3.95. The molecule has 5 nitrogen and oxygen atoms in total. The van der Waals surface area contributed by atoms with Crippen LogP contribution in [0, 0.1) is 0 Å². The van der Waals surface area contributed by atoms with E-state index in [9.17, 15) is 13.2 Å². The Hall–Kier alpha value is -2.08. The minimum atomic E-state index is -3.95. The lowest BCUT2D eigenvalue weighted by Gasteiger charge is -2.04. The van der Waals surface area contributed by atoms with Crippen molar-refractivity contribution in [3.8, 4) is 5.75 Å². The Morgan fingerprint density at radius 3 is 2.12 bits per heavy atom. The molecular weight excluding hydrogens is 244 g/mol. The van der Waals surface area contributed by atoms with E-state index in [1.54, 1.807) is 0 Å². The number of rotatable bonds is 2. The lowest BCUT2D eigenvalue weighted by Crippen LogP contribution is -2.10. The summed E-state index contributed by atoms with van der Waals surface area (Å²) in [5, 5.41) is 17.8. The molecule has 1 aliphatic heterocycles. The molecule has 0 spiro atoms. The van der Waals surface area contributed by atoms with Crippen LogP contribution in [0.3, 0.4) is 0 Å². The molecule has 6 heteroatoms. The fraction of sp³-hybridized carbons (Fsp3) is 0. The first kappa shape index (κ1) is 11.4. The molecule has 0 bridgehead atoms. The van der Waals surface area contributed by atoms with Crippen molar-refractivity contribution < 1.29 is 23.4 Å². The van der Waals surface area contributed by atoms with Crippen molar-refractivity contribution in [3.05, 3.63) is 46.9 Å². The average Bonchev–Trinajstić information content (AvgIpc) is 2.55. The van der Waals surface area contributed by atoms with Gasteiger partial charge < -0.3 is 10.2 Å². The van der Waals surface area contributed by atoms with Crippen molar-refractivity contribution in [2.24, 2.45) is 0 Å². The van der Waals surface area contributed by atoms with Crippen LogP contribution in [0.15, 0.2) is 41.3 Å². The van der Waals surface area contributed by atoms with Gasteiger partial charge in [-0.15, -0.1) is 0 Å². The Morgan fingerprint density at radius 2 is 1.65 bits per heavy atom. The van der Waals surface area contributed by atoms with Crippen LogP contribution in [0.1, 0.15) is 5.56 Å². The van der Waals surface area contributed by atoms with E-state index >= 15 is 0 Å². The zero-order valence-electron chi connectivity index (χ0n) is 8.49. The lowest BCUT2D eigenvalue weighted by atomic mass is 10.2. The highest BCUT2D eigenvalue weighted by molar-refractivity contribution is 8.05. The molecule has 0 atom stereocenters. The zero-order chi connectivity index (χ0) is 12.6. The zero-order valence-corrected chi connectivity index (χ0v) is 9.31. The van der Waals surface area contributed by atoms with Gasteiger partial charge in [-0.05, 0) is 42.0 Å². The number of phenols is 1. The van der Waals surface area contributed by atoms with E-state index in [2.05, 4.69) is 0 Å². The van der Waals surface area contributed by atoms with E-state index in [0.29, 0.717) is 5.56 Å². The predicted molar refractivity (Wildman–Crippen MR) is 60.7 cm³/mol. The van der Waals surface area contributed by atoms with Gasteiger partial charge in [-0.25, -0.2) is 13.2 Å². The summed E-state index contributed by atoms with van der Waals surface area (Å²) in [6.07, 6.45) is 2.30. The number of carboxylic acids is 1. The Bertz CT molecular complexity index is 635. The second kappa shape index (κ2) is 3.74. The normalized spacial score (nSPS) is 17.4. The molecule has 0 saturated carbocycles. The van der Waals surface area contributed by atoms with E-state index in [1.807, 2.05) is 0 Å². The highest BCUT2D eigenvalue weighted by Gasteiger charge is 2.33.